The van der Waals surface area contributed by atoms with Crippen LogP contribution in [-0.4, -0.2) is 23.9 Å². The Hall–Kier alpha value is -1.31. The topological polar surface area (TPSA) is 20.3 Å². The van der Waals surface area contributed by atoms with Gasteiger partial charge in [0.2, 0.25) is 0 Å². The number of benzene rings is 1. The number of hydrogen-bond acceptors (Lipinski definition) is 1. The van der Waals surface area contributed by atoms with Gasteiger partial charge in [0.05, 0.1) is 0 Å². The molecule has 1 aromatic carbocycles. The molecular weight excluding hydrogens is 186 g/mol. The average Bonchev–Trinajstić information content (AvgIpc) is 2.30. The quantitative estimate of drug-likeness (QED) is 0.738. The van der Waals surface area contributed by atoms with Gasteiger partial charge in [0, 0.05) is 18.7 Å². The van der Waals surface area contributed by atoms with Crippen LogP contribution in [0.5, 0.6) is 0 Å². The minimum atomic E-state index is 0.110. The van der Waals surface area contributed by atoms with Crippen molar-refractivity contribution < 1.29 is 4.79 Å². The second kappa shape index (κ2) is 5.54. The zero-order valence-corrected chi connectivity index (χ0v) is 9.49. The minimum absolute atomic E-state index is 0.110. The second-order valence-electron chi connectivity index (χ2n) is 3.38. The zero-order chi connectivity index (χ0) is 11.3. The Bertz CT molecular complexity index is 329. The first-order chi connectivity index (χ1) is 7.24. The molecule has 0 aromatic heterocycles. The Morgan fingerprint density at radius 1 is 1.27 bits per heavy atom. The Morgan fingerprint density at radius 3 is 2.40 bits per heavy atom. The lowest BCUT2D eigenvalue weighted by atomic mass is 10.0. The lowest BCUT2D eigenvalue weighted by Crippen LogP contribution is -2.31. The van der Waals surface area contributed by atoms with E-state index < -0.39 is 0 Å². The molecule has 0 bridgehead atoms. The Kier molecular flexibility index (Phi) is 4.35. The molecule has 2 heteroatoms. The van der Waals surface area contributed by atoms with Gasteiger partial charge in [-0.25, -0.2) is 0 Å². The first-order valence-corrected chi connectivity index (χ1v) is 5.41. The monoisotopic (exact) mass is 204 g/mol. The van der Waals surface area contributed by atoms with Crippen molar-refractivity contribution in [1.29, 1.82) is 0 Å². The first-order valence-electron chi connectivity index (χ1n) is 5.41. The van der Waals surface area contributed by atoms with E-state index in [-0.39, 0.29) is 5.91 Å². The largest absolute Gasteiger partial charge is 0.339 e. The SMILES string of the molecule is [CH2]Cc1ccccc1C(=O)N(CC)CC. The Balaban J connectivity index is 2.99. The van der Waals surface area contributed by atoms with Gasteiger partial charge in [-0.15, -0.1) is 0 Å². The van der Waals surface area contributed by atoms with E-state index in [1.165, 1.54) is 0 Å². The average molecular weight is 204 g/mol. The third kappa shape index (κ3) is 2.58. The Morgan fingerprint density at radius 2 is 1.87 bits per heavy atom. The van der Waals surface area contributed by atoms with Crippen molar-refractivity contribution in [3.63, 3.8) is 0 Å². The standard InChI is InChI=1S/C13H18NO/c1-4-11-9-7-8-10-12(11)13(15)14(5-2)6-3/h7-10H,1,4-6H2,2-3H3. The van der Waals surface area contributed by atoms with Crippen LogP contribution >= 0.6 is 0 Å². The highest BCUT2D eigenvalue weighted by molar-refractivity contribution is 5.95. The van der Waals surface area contributed by atoms with Crippen LogP contribution in [0.2, 0.25) is 0 Å². The second-order valence-corrected chi connectivity index (χ2v) is 3.38. The van der Waals surface area contributed by atoms with Crippen LogP contribution in [0.3, 0.4) is 0 Å². The summed E-state index contributed by atoms with van der Waals surface area (Å²) in [6.07, 6.45) is 0.656. The molecule has 0 spiro atoms. The molecule has 0 saturated carbocycles. The van der Waals surface area contributed by atoms with E-state index in [0.29, 0.717) is 6.42 Å². The van der Waals surface area contributed by atoms with E-state index in [0.717, 1.165) is 24.2 Å². The number of carbonyl (C=O) groups excluding carboxylic acids is 1. The van der Waals surface area contributed by atoms with E-state index in [4.69, 9.17) is 0 Å². The van der Waals surface area contributed by atoms with Gasteiger partial charge in [-0.1, -0.05) is 18.2 Å². The molecule has 0 heterocycles. The number of carbonyl (C=O) groups is 1. The molecule has 0 aliphatic rings. The van der Waals surface area contributed by atoms with Crippen molar-refractivity contribution in [2.45, 2.75) is 20.3 Å². The maximum Gasteiger partial charge on any atom is 0.254 e. The highest BCUT2D eigenvalue weighted by Crippen LogP contribution is 2.12. The van der Waals surface area contributed by atoms with Crippen LogP contribution in [0.4, 0.5) is 0 Å². The smallest absolute Gasteiger partial charge is 0.254 e. The summed E-state index contributed by atoms with van der Waals surface area (Å²) in [6.45, 7) is 9.33. The minimum Gasteiger partial charge on any atom is -0.339 e. The van der Waals surface area contributed by atoms with E-state index >= 15 is 0 Å². The van der Waals surface area contributed by atoms with Gasteiger partial charge >= 0.3 is 0 Å². The normalized spacial score (nSPS) is 10.1. The molecule has 15 heavy (non-hydrogen) atoms. The molecule has 0 aliphatic carbocycles. The van der Waals surface area contributed by atoms with Crippen molar-refractivity contribution in [1.82, 2.24) is 4.90 Å². The van der Waals surface area contributed by atoms with Gasteiger partial charge in [0.1, 0.15) is 0 Å². The highest BCUT2D eigenvalue weighted by atomic mass is 16.2. The predicted octanol–water partition coefficient (Wildman–Crippen LogP) is 2.55. The van der Waals surface area contributed by atoms with Crippen LogP contribution in [0.1, 0.15) is 29.8 Å². The molecule has 0 saturated heterocycles. The number of nitrogens with zero attached hydrogens (tertiary/aromatic N) is 1. The molecule has 1 radical (unpaired) electrons. The summed E-state index contributed by atoms with van der Waals surface area (Å²) in [5, 5.41) is 0. The van der Waals surface area contributed by atoms with Crippen LogP contribution in [-0.2, 0) is 6.42 Å². The molecule has 0 fully saturated rings. The number of amides is 1. The van der Waals surface area contributed by atoms with E-state index in [1.54, 1.807) is 0 Å². The molecule has 1 aromatic rings. The third-order valence-electron chi connectivity index (χ3n) is 2.57. The van der Waals surface area contributed by atoms with Crippen molar-refractivity contribution in [3.8, 4) is 0 Å². The molecule has 0 N–H and O–H groups in total. The predicted molar refractivity (Wildman–Crippen MR) is 62.8 cm³/mol. The summed E-state index contributed by atoms with van der Waals surface area (Å²) in [5.41, 5.74) is 1.81. The van der Waals surface area contributed by atoms with Crippen molar-refractivity contribution in [2.24, 2.45) is 0 Å². The highest BCUT2D eigenvalue weighted by Gasteiger charge is 2.14. The summed E-state index contributed by atoms with van der Waals surface area (Å²) in [7, 11) is 0. The summed E-state index contributed by atoms with van der Waals surface area (Å²) in [4.78, 5) is 13.9. The summed E-state index contributed by atoms with van der Waals surface area (Å²) in [6, 6.07) is 7.68. The number of rotatable bonds is 4. The summed E-state index contributed by atoms with van der Waals surface area (Å²) < 4.78 is 0. The lowest BCUT2D eigenvalue weighted by molar-refractivity contribution is 0.0772. The van der Waals surface area contributed by atoms with Gasteiger partial charge < -0.3 is 4.90 Å². The first kappa shape index (κ1) is 11.8. The maximum atomic E-state index is 12.1. The van der Waals surface area contributed by atoms with Crippen LogP contribution in [0.25, 0.3) is 0 Å². The fourth-order valence-corrected chi connectivity index (χ4v) is 1.63. The molecule has 81 valence electrons. The molecule has 1 rings (SSSR count). The zero-order valence-electron chi connectivity index (χ0n) is 9.49. The van der Waals surface area contributed by atoms with Crippen LogP contribution < -0.4 is 0 Å². The molecule has 1 amide bonds. The van der Waals surface area contributed by atoms with Crippen molar-refractivity contribution in [3.05, 3.63) is 42.3 Å². The van der Waals surface area contributed by atoms with Gasteiger partial charge in [0.25, 0.3) is 5.91 Å². The maximum absolute atomic E-state index is 12.1. The summed E-state index contributed by atoms with van der Waals surface area (Å²) >= 11 is 0. The molecule has 2 nitrogen and oxygen atoms in total. The van der Waals surface area contributed by atoms with Gasteiger partial charge in [-0.2, -0.15) is 0 Å². The van der Waals surface area contributed by atoms with E-state index in [9.17, 15) is 4.79 Å². The van der Waals surface area contributed by atoms with Gasteiger partial charge in [-0.3, -0.25) is 4.79 Å². The van der Waals surface area contributed by atoms with Gasteiger partial charge in [-0.05, 0) is 38.8 Å². The fraction of sp³-hybridized carbons (Fsp3) is 0.385. The van der Waals surface area contributed by atoms with Crippen molar-refractivity contribution >= 4 is 5.91 Å². The summed E-state index contributed by atoms with van der Waals surface area (Å²) in [5.74, 6) is 0.110. The Labute approximate surface area is 91.9 Å². The molecule has 0 aliphatic heterocycles. The fourth-order valence-electron chi connectivity index (χ4n) is 1.63. The third-order valence-corrected chi connectivity index (χ3v) is 2.57. The van der Waals surface area contributed by atoms with Crippen LogP contribution in [0, 0.1) is 6.92 Å². The molecule has 0 unspecified atom stereocenters. The molecular formula is C13H18NO. The van der Waals surface area contributed by atoms with Crippen LogP contribution in [0.15, 0.2) is 24.3 Å². The van der Waals surface area contributed by atoms with Crippen molar-refractivity contribution in [2.75, 3.05) is 13.1 Å². The van der Waals surface area contributed by atoms with Gasteiger partial charge in [0.15, 0.2) is 0 Å². The number of hydrogen-bond donors (Lipinski definition) is 0. The van der Waals surface area contributed by atoms with E-state index in [2.05, 4.69) is 6.92 Å². The molecule has 0 atom stereocenters. The van der Waals surface area contributed by atoms with E-state index in [1.807, 2.05) is 43.0 Å². The lowest BCUT2D eigenvalue weighted by Gasteiger charge is -2.20.